The molecule has 1 aromatic heterocycles. The highest BCUT2D eigenvalue weighted by Gasteiger charge is 2.26. The number of likely N-dealkylation sites (N-methyl/N-ethyl adjacent to an activating group) is 1. The first-order valence-corrected chi connectivity index (χ1v) is 9.00. The minimum Gasteiger partial charge on any atom is -0.492 e. The zero-order chi connectivity index (χ0) is 17.8. The van der Waals surface area contributed by atoms with Gasteiger partial charge >= 0.3 is 0 Å². The molecule has 0 unspecified atom stereocenters. The fourth-order valence-corrected chi connectivity index (χ4v) is 3.31. The number of ether oxygens (including phenoxy) is 1. The predicted molar refractivity (Wildman–Crippen MR) is 98.7 cm³/mol. The van der Waals surface area contributed by atoms with Crippen molar-refractivity contribution in [3.05, 3.63) is 41.5 Å². The summed E-state index contributed by atoms with van der Waals surface area (Å²) in [6.45, 7) is 8.85. The van der Waals surface area contributed by atoms with Gasteiger partial charge in [0.05, 0.1) is 6.54 Å². The van der Waals surface area contributed by atoms with Crippen LogP contribution in [0.25, 0.3) is 0 Å². The molecule has 0 N–H and O–H groups in total. The molecule has 136 valence electrons. The lowest BCUT2D eigenvalue weighted by molar-refractivity contribution is 0.200. The largest absolute Gasteiger partial charge is 0.492 e. The van der Waals surface area contributed by atoms with Gasteiger partial charge in [0.1, 0.15) is 24.0 Å². The molecule has 0 radical (unpaired) electrons. The summed E-state index contributed by atoms with van der Waals surface area (Å²) < 4.78 is 7.95. The van der Waals surface area contributed by atoms with Crippen LogP contribution in [0.3, 0.4) is 0 Å². The van der Waals surface area contributed by atoms with Gasteiger partial charge in [-0.2, -0.15) is 0 Å². The molecule has 0 saturated carbocycles. The van der Waals surface area contributed by atoms with Crippen LogP contribution >= 0.6 is 0 Å². The van der Waals surface area contributed by atoms with Crippen LogP contribution < -0.4 is 4.74 Å². The highest BCUT2D eigenvalue weighted by Crippen LogP contribution is 2.17. The number of benzene rings is 1. The molecule has 1 atom stereocenters. The summed E-state index contributed by atoms with van der Waals surface area (Å²) in [6, 6.07) is 8.81. The number of nitrogens with zero attached hydrogens (tertiary/aromatic N) is 5. The zero-order valence-corrected chi connectivity index (χ0v) is 15.8. The van der Waals surface area contributed by atoms with E-state index >= 15 is 0 Å². The lowest BCUT2D eigenvalue weighted by atomic mass is 10.2. The molecule has 6 heteroatoms. The standard InChI is InChI=1S/C19H29N5O/c1-15-6-5-7-18(12-15)25-11-10-24-9-8-17(13-24)22(3)14-19-21-20-16(2)23(19)4/h5-7,12,17H,8-11,13-14H2,1-4H3/t17-/m0/s1. The van der Waals surface area contributed by atoms with E-state index in [2.05, 4.69) is 50.7 Å². The summed E-state index contributed by atoms with van der Waals surface area (Å²) >= 11 is 0. The minimum absolute atomic E-state index is 0.566. The van der Waals surface area contributed by atoms with E-state index in [9.17, 15) is 0 Å². The second-order valence-corrected chi connectivity index (χ2v) is 7.05. The van der Waals surface area contributed by atoms with E-state index in [0.29, 0.717) is 6.04 Å². The van der Waals surface area contributed by atoms with E-state index in [1.807, 2.05) is 26.1 Å². The Balaban J connectivity index is 1.42. The number of aromatic nitrogens is 3. The monoisotopic (exact) mass is 343 g/mol. The van der Waals surface area contributed by atoms with Gasteiger partial charge in [-0.15, -0.1) is 10.2 Å². The molecule has 2 aromatic rings. The molecule has 1 aromatic carbocycles. The average molecular weight is 343 g/mol. The van der Waals surface area contributed by atoms with E-state index in [1.54, 1.807) is 0 Å². The van der Waals surface area contributed by atoms with Crippen molar-refractivity contribution in [3.63, 3.8) is 0 Å². The first kappa shape index (κ1) is 17.9. The zero-order valence-electron chi connectivity index (χ0n) is 15.8. The number of likely N-dealkylation sites (tertiary alicyclic amines) is 1. The Morgan fingerprint density at radius 3 is 2.84 bits per heavy atom. The van der Waals surface area contributed by atoms with Gasteiger partial charge in [0.2, 0.25) is 0 Å². The van der Waals surface area contributed by atoms with Crippen LogP contribution in [0.15, 0.2) is 24.3 Å². The molecule has 1 aliphatic heterocycles. The van der Waals surface area contributed by atoms with Crippen LogP contribution in [0.1, 0.15) is 23.6 Å². The molecule has 0 amide bonds. The second kappa shape index (κ2) is 7.97. The van der Waals surface area contributed by atoms with Gasteiger partial charge in [0, 0.05) is 26.2 Å². The Morgan fingerprint density at radius 1 is 1.28 bits per heavy atom. The fourth-order valence-electron chi connectivity index (χ4n) is 3.31. The highest BCUT2D eigenvalue weighted by atomic mass is 16.5. The number of hydrogen-bond donors (Lipinski definition) is 0. The average Bonchev–Trinajstić information content (AvgIpc) is 3.17. The molecule has 1 fully saturated rings. The molecule has 1 aliphatic rings. The van der Waals surface area contributed by atoms with Gasteiger partial charge in [0.15, 0.2) is 0 Å². The molecule has 0 aliphatic carbocycles. The minimum atomic E-state index is 0.566. The lowest BCUT2D eigenvalue weighted by Crippen LogP contribution is -2.35. The van der Waals surface area contributed by atoms with Crippen LogP contribution in [0, 0.1) is 13.8 Å². The van der Waals surface area contributed by atoms with E-state index in [-0.39, 0.29) is 0 Å². The van der Waals surface area contributed by atoms with Crippen molar-refractivity contribution < 1.29 is 4.74 Å². The molecular formula is C19H29N5O. The Bertz CT molecular complexity index is 699. The topological polar surface area (TPSA) is 46.4 Å². The molecule has 0 spiro atoms. The normalized spacial score (nSPS) is 18.2. The summed E-state index contributed by atoms with van der Waals surface area (Å²) in [6.07, 6.45) is 1.19. The van der Waals surface area contributed by atoms with E-state index in [0.717, 1.165) is 50.2 Å². The maximum atomic E-state index is 5.88. The SMILES string of the molecule is Cc1cccc(OCCN2CC[C@H](N(C)Cc3nnc(C)n3C)C2)c1. The third-order valence-corrected chi connectivity index (χ3v) is 5.11. The van der Waals surface area contributed by atoms with Gasteiger partial charge in [-0.25, -0.2) is 0 Å². The van der Waals surface area contributed by atoms with Crippen molar-refractivity contribution in [2.75, 3.05) is 33.3 Å². The molecule has 6 nitrogen and oxygen atoms in total. The van der Waals surface area contributed by atoms with E-state index in [1.165, 1.54) is 12.0 Å². The maximum absolute atomic E-state index is 5.88. The Labute approximate surface area is 150 Å². The van der Waals surface area contributed by atoms with Crippen LogP contribution in [-0.2, 0) is 13.6 Å². The molecule has 3 rings (SSSR count). The first-order chi connectivity index (χ1) is 12.0. The third-order valence-electron chi connectivity index (χ3n) is 5.11. The third kappa shape index (κ3) is 4.58. The lowest BCUT2D eigenvalue weighted by Gasteiger charge is -2.24. The maximum Gasteiger partial charge on any atom is 0.146 e. The number of aryl methyl sites for hydroxylation is 2. The van der Waals surface area contributed by atoms with Crippen molar-refractivity contribution >= 4 is 0 Å². The van der Waals surface area contributed by atoms with Gasteiger partial charge in [-0.3, -0.25) is 9.80 Å². The summed E-state index contributed by atoms with van der Waals surface area (Å²) in [4.78, 5) is 4.88. The van der Waals surface area contributed by atoms with Crippen LogP contribution in [0.2, 0.25) is 0 Å². The van der Waals surface area contributed by atoms with E-state index in [4.69, 9.17) is 4.74 Å². The van der Waals surface area contributed by atoms with Crippen LogP contribution in [-0.4, -0.2) is 63.9 Å². The molecule has 1 saturated heterocycles. The summed E-state index contributed by atoms with van der Waals surface area (Å²) in [5, 5.41) is 8.42. The summed E-state index contributed by atoms with van der Waals surface area (Å²) in [7, 11) is 4.21. The smallest absolute Gasteiger partial charge is 0.146 e. The predicted octanol–water partition coefficient (Wildman–Crippen LogP) is 2.02. The van der Waals surface area contributed by atoms with Gasteiger partial charge in [-0.05, 0) is 51.6 Å². The van der Waals surface area contributed by atoms with Crippen molar-refractivity contribution in [2.45, 2.75) is 32.9 Å². The summed E-state index contributed by atoms with van der Waals surface area (Å²) in [5.74, 6) is 2.96. The first-order valence-electron chi connectivity index (χ1n) is 9.00. The van der Waals surface area contributed by atoms with Crippen molar-refractivity contribution in [2.24, 2.45) is 7.05 Å². The van der Waals surface area contributed by atoms with Crippen molar-refractivity contribution in [3.8, 4) is 5.75 Å². The van der Waals surface area contributed by atoms with E-state index < -0.39 is 0 Å². The van der Waals surface area contributed by atoms with Crippen LogP contribution in [0.4, 0.5) is 0 Å². The van der Waals surface area contributed by atoms with Gasteiger partial charge < -0.3 is 9.30 Å². The molecule has 2 heterocycles. The summed E-state index contributed by atoms with van der Waals surface area (Å²) in [5.41, 5.74) is 1.24. The Hall–Kier alpha value is -1.92. The second-order valence-electron chi connectivity index (χ2n) is 7.05. The Morgan fingerprint density at radius 2 is 2.12 bits per heavy atom. The highest BCUT2D eigenvalue weighted by molar-refractivity contribution is 5.27. The van der Waals surface area contributed by atoms with Crippen molar-refractivity contribution in [1.82, 2.24) is 24.6 Å². The molecule has 25 heavy (non-hydrogen) atoms. The Kier molecular flexibility index (Phi) is 5.71. The molecular weight excluding hydrogens is 314 g/mol. The van der Waals surface area contributed by atoms with Crippen molar-refractivity contribution in [1.29, 1.82) is 0 Å². The van der Waals surface area contributed by atoms with Gasteiger partial charge in [-0.1, -0.05) is 12.1 Å². The van der Waals surface area contributed by atoms with Crippen LogP contribution in [0.5, 0.6) is 5.75 Å². The quantitative estimate of drug-likeness (QED) is 0.770. The number of hydrogen-bond acceptors (Lipinski definition) is 5. The molecule has 0 bridgehead atoms. The fraction of sp³-hybridized carbons (Fsp3) is 0.579. The number of rotatable bonds is 7. The van der Waals surface area contributed by atoms with Gasteiger partial charge in [0.25, 0.3) is 0 Å².